The molecule has 0 aromatic rings. The van der Waals surface area contributed by atoms with E-state index in [9.17, 15) is 13.2 Å². The summed E-state index contributed by atoms with van der Waals surface area (Å²) in [5.74, 6) is -1.99. The van der Waals surface area contributed by atoms with Crippen molar-refractivity contribution in [2.75, 3.05) is 26.0 Å². The van der Waals surface area contributed by atoms with Crippen LogP contribution >= 0.6 is 0 Å². The second-order valence-electron chi connectivity index (χ2n) is 3.85. The third-order valence-electron chi connectivity index (χ3n) is 2.20. The first kappa shape index (κ1) is 15.3. The van der Waals surface area contributed by atoms with Gasteiger partial charge in [-0.25, -0.2) is 13.1 Å². The number of nitrogens with one attached hydrogen (secondary N) is 1. The van der Waals surface area contributed by atoms with E-state index in [-0.39, 0.29) is 24.8 Å². The minimum absolute atomic E-state index is 0.0843. The van der Waals surface area contributed by atoms with Crippen molar-refractivity contribution in [1.29, 1.82) is 0 Å². The molecule has 1 atom stereocenters. The molecule has 0 aromatic carbocycles. The molecule has 0 radical (unpaired) electrons. The van der Waals surface area contributed by atoms with Gasteiger partial charge in [0.25, 0.3) is 0 Å². The molecule has 0 heterocycles. The number of aliphatic carboxylic acids is 1. The van der Waals surface area contributed by atoms with Crippen molar-refractivity contribution in [2.24, 2.45) is 11.8 Å². The first-order chi connectivity index (χ1) is 7.30. The number of carboxylic acids is 1. The highest BCUT2D eigenvalue weighted by Gasteiger charge is 2.23. The fourth-order valence-corrected chi connectivity index (χ4v) is 2.05. The predicted octanol–water partition coefficient (Wildman–Crippen LogP) is -0.0910. The molecule has 0 rings (SSSR count). The molecular formula is C9H19NO5S. The lowest BCUT2D eigenvalue weighted by Crippen LogP contribution is -2.37. The molecule has 0 aliphatic rings. The lowest BCUT2D eigenvalue weighted by Gasteiger charge is -2.16. The summed E-state index contributed by atoms with van der Waals surface area (Å²) in [6, 6.07) is 0. The Morgan fingerprint density at radius 2 is 2.00 bits per heavy atom. The zero-order chi connectivity index (χ0) is 12.8. The maximum atomic E-state index is 11.4. The van der Waals surface area contributed by atoms with E-state index in [1.165, 1.54) is 7.11 Å². The molecule has 96 valence electrons. The Balaban J connectivity index is 4.25. The van der Waals surface area contributed by atoms with E-state index in [2.05, 4.69) is 9.46 Å². The average molecular weight is 253 g/mol. The van der Waals surface area contributed by atoms with Crippen LogP contribution in [0.4, 0.5) is 0 Å². The third kappa shape index (κ3) is 6.04. The van der Waals surface area contributed by atoms with Crippen molar-refractivity contribution in [3.05, 3.63) is 0 Å². The molecular weight excluding hydrogens is 234 g/mol. The Morgan fingerprint density at radius 1 is 1.44 bits per heavy atom. The van der Waals surface area contributed by atoms with E-state index in [1.54, 1.807) is 13.8 Å². The largest absolute Gasteiger partial charge is 0.481 e. The summed E-state index contributed by atoms with van der Waals surface area (Å²) in [7, 11) is -2.04. The summed E-state index contributed by atoms with van der Waals surface area (Å²) >= 11 is 0. The molecule has 16 heavy (non-hydrogen) atoms. The van der Waals surface area contributed by atoms with Gasteiger partial charge in [-0.3, -0.25) is 4.79 Å². The normalized spacial score (nSPS) is 14.0. The summed E-state index contributed by atoms with van der Waals surface area (Å²) in [6.45, 7) is 3.48. The Hall–Kier alpha value is -0.660. The maximum Gasteiger partial charge on any atom is 0.308 e. The van der Waals surface area contributed by atoms with Gasteiger partial charge in [-0.1, -0.05) is 13.8 Å². The standard InChI is InChI=1S/C9H19NO5S/c1-7(2)8(9(11)12)6-10-16(13,14)5-4-15-3/h7-8,10H,4-6H2,1-3H3,(H,11,12). The van der Waals surface area contributed by atoms with Crippen LogP contribution in [0.15, 0.2) is 0 Å². The molecule has 0 saturated heterocycles. The molecule has 0 fully saturated rings. The van der Waals surface area contributed by atoms with Crippen molar-refractivity contribution >= 4 is 16.0 Å². The van der Waals surface area contributed by atoms with Gasteiger partial charge in [0.2, 0.25) is 10.0 Å². The van der Waals surface area contributed by atoms with Crippen molar-refractivity contribution in [3.63, 3.8) is 0 Å². The number of ether oxygens (including phenoxy) is 1. The van der Waals surface area contributed by atoms with Crippen LogP contribution in [0.1, 0.15) is 13.8 Å². The van der Waals surface area contributed by atoms with Gasteiger partial charge < -0.3 is 9.84 Å². The third-order valence-corrected chi connectivity index (χ3v) is 3.51. The molecule has 0 aromatic heterocycles. The summed E-state index contributed by atoms with van der Waals surface area (Å²) in [5.41, 5.74) is 0. The van der Waals surface area contributed by atoms with Crippen LogP contribution in [0.3, 0.4) is 0 Å². The highest BCUT2D eigenvalue weighted by molar-refractivity contribution is 7.89. The van der Waals surface area contributed by atoms with Gasteiger partial charge in [0.15, 0.2) is 0 Å². The van der Waals surface area contributed by atoms with Crippen molar-refractivity contribution in [1.82, 2.24) is 4.72 Å². The number of carboxylic acid groups (broad SMARTS) is 1. The van der Waals surface area contributed by atoms with Crippen LogP contribution in [0.25, 0.3) is 0 Å². The van der Waals surface area contributed by atoms with Crippen molar-refractivity contribution in [2.45, 2.75) is 13.8 Å². The van der Waals surface area contributed by atoms with Crippen LogP contribution in [0.2, 0.25) is 0 Å². The van der Waals surface area contributed by atoms with Gasteiger partial charge >= 0.3 is 5.97 Å². The second kappa shape index (κ2) is 6.82. The van der Waals surface area contributed by atoms with E-state index in [4.69, 9.17) is 5.11 Å². The molecule has 0 bridgehead atoms. The van der Waals surface area contributed by atoms with E-state index in [0.717, 1.165) is 0 Å². The number of hydrogen-bond donors (Lipinski definition) is 2. The molecule has 0 amide bonds. The van der Waals surface area contributed by atoms with Crippen LogP contribution in [0.5, 0.6) is 0 Å². The maximum absolute atomic E-state index is 11.4. The lowest BCUT2D eigenvalue weighted by molar-refractivity contribution is -0.142. The molecule has 0 spiro atoms. The predicted molar refractivity (Wildman–Crippen MR) is 59.6 cm³/mol. The monoisotopic (exact) mass is 253 g/mol. The molecule has 7 heteroatoms. The minimum Gasteiger partial charge on any atom is -0.481 e. The number of rotatable bonds is 8. The van der Waals surface area contributed by atoms with Gasteiger partial charge in [0.1, 0.15) is 0 Å². The van der Waals surface area contributed by atoms with Gasteiger partial charge in [-0.15, -0.1) is 0 Å². The molecule has 0 aliphatic carbocycles. The van der Waals surface area contributed by atoms with E-state index >= 15 is 0 Å². The van der Waals surface area contributed by atoms with E-state index in [1.807, 2.05) is 0 Å². The summed E-state index contributed by atoms with van der Waals surface area (Å²) in [4.78, 5) is 10.8. The SMILES string of the molecule is COCCS(=O)(=O)NCC(C(=O)O)C(C)C. The molecule has 1 unspecified atom stereocenters. The fourth-order valence-electron chi connectivity index (χ4n) is 1.09. The highest BCUT2D eigenvalue weighted by Crippen LogP contribution is 2.10. The van der Waals surface area contributed by atoms with Gasteiger partial charge in [-0.05, 0) is 5.92 Å². The van der Waals surface area contributed by atoms with E-state index < -0.39 is 21.9 Å². The summed E-state index contributed by atoms with van der Waals surface area (Å²) < 4.78 is 29.6. The Bertz CT molecular complexity index is 312. The number of hydrogen-bond acceptors (Lipinski definition) is 4. The van der Waals surface area contributed by atoms with Gasteiger partial charge in [-0.2, -0.15) is 0 Å². The zero-order valence-corrected chi connectivity index (χ0v) is 10.6. The second-order valence-corrected chi connectivity index (χ2v) is 5.78. The Morgan fingerprint density at radius 3 is 2.38 bits per heavy atom. The van der Waals surface area contributed by atoms with Crippen LogP contribution in [0, 0.1) is 11.8 Å². The Labute approximate surface area is 96.0 Å². The number of carbonyl (C=O) groups is 1. The molecule has 2 N–H and O–H groups in total. The summed E-state index contributed by atoms with van der Waals surface area (Å²) in [5, 5.41) is 8.86. The van der Waals surface area contributed by atoms with Gasteiger partial charge in [0, 0.05) is 13.7 Å². The Kier molecular flexibility index (Phi) is 6.54. The average Bonchev–Trinajstić information content (AvgIpc) is 2.13. The quantitative estimate of drug-likeness (QED) is 0.630. The van der Waals surface area contributed by atoms with Gasteiger partial charge in [0.05, 0.1) is 18.3 Å². The molecule has 0 aliphatic heterocycles. The fraction of sp³-hybridized carbons (Fsp3) is 0.889. The topological polar surface area (TPSA) is 92.7 Å². The van der Waals surface area contributed by atoms with Crippen LogP contribution < -0.4 is 4.72 Å². The summed E-state index contributed by atoms with van der Waals surface area (Å²) in [6.07, 6.45) is 0. The molecule has 6 nitrogen and oxygen atoms in total. The smallest absolute Gasteiger partial charge is 0.308 e. The molecule has 0 saturated carbocycles. The van der Waals surface area contributed by atoms with Crippen LogP contribution in [-0.4, -0.2) is 45.5 Å². The number of methoxy groups -OCH3 is 1. The minimum atomic E-state index is -3.44. The zero-order valence-electron chi connectivity index (χ0n) is 9.76. The first-order valence-electron chi connectivity index (χ1n) is 4.99. The highest BCUT2D eigenvalue weighted by atomic mass is 32.2. The van der Waals surface area contributed by atoms with E-state index in [0.29, 0.717) is 0 Å². The van der Waals surface area contributed by atoms with Crippen molar-refractivity contribution < 1.29 is 23.1 Å². The van der Waals surface area contributed by atoms with Crippen molar-refractivity contribution in [3.8, 4) is 0 Å². The van der Waals surface area contributed by atoms with Crippen LogP contribution in [-0.2, 0) is 19.6 Å². The lowest BCUT2D eigenvalue weighted by atomic mass is 9.97. The number of sulfonamides is 1. The first-order valence-corrected chi connectivity index (χ1v) is 6.64.